The number of hydrogen-bond donors (Lipinski definition) is 1. The largest absolute Gasteiger partial charge is 0.460 e. The summed E-state index contributed by atoms with van der Waals surface area (Å²) < 4.78 is 122. The first kappa shape index (κ1) is 29.9. The molecule has 0 aliphatic heterocycles. The number of benzene rings is 3. The minimum atomic E-state index is -6.91. The molecule has 210 valence electrons. The fourth-order valence-electron chi connectivity index (χ4n) is 3.49. The van der Waals surface area contributed by atoms with E-state index in [1.54, 1.807) is 0 Å². The molecule has 0 unspecified atom stereocenters. The summed E-state index contributed by atoms with van der Waals surface area (Å²) in [5.41, 5.74) is 3.22. The highest BCUT2D eigenvalue weighted by atomic mass is 19.4. The van der Waals surface area contributed by atoms with Gasteiger partial charge in [0.25, 0.3) is 0 Å². The van der Waals surface area contributed by atoms with Crippen molar-refractivity contribution < 1.29 is 49.0 Å². The van der Waals surface area contributed by atoms with E-state index >= 15 is 0 Å². The van der Waals surface area contributed by atoms with E-state index in [9.17, 15) is 44.3 Å². The van der Waals surface area contributed by atoms with Crippen LogP contribution in [0.2, 0.25) is 0 Å². The molecule has 1 amide bonds. The van der Waals surface area contributed by atoms with Gasteiger partial charge in [0.05, 0.1) is 0 Å². The predicted molar refractivity (Wildman–Crippen MR) is 125 cm³/mol. The van der Waals surface area contributed by atoms with Crippen molar-refractivity contribution >= 4 is 6.09 Å². The van der Waals surface area contributed by atoms with Gasteiger partial charge in [0.2, 0.25) is 0 Å². The summed E-state index contributed by atoms with van der Waals surface area (Å²) in [6, 6.07) is 22.1. The standard InChI is InChI=1S/C27H22F9NO2/c28-24(29,25(30,31)26(32,33)27(34,35)36)15-14-18-6-8-20(9-7-18)17-39-23(38)37-16-19-10-12-22(13-11-19)21-4-2-1-3-5-21/h1-13H,14-17H2,(H,37,38). The Kier molecular flexibility index (Phi) is 8.87. The van der Waals surface area contributed by atoms with Gasteiger partial charge in [-0.25, -0.2) is 4.79 Å². The van der Waals surface area contributed by atoms with Crippen LogP contribution in [-0.2, 0) is 24.3 Å². The number of alkyl carbamates (subject to hydrolysis) is 1. The van der Waals surface area contributed by atoms with Gasteiger partial charge in [0.1, 0.15) is 6.61 Å². The summed E-state index contributed by atoms with van der Waals surface area (Å²) in [5.74, 6) is -19.2. The van der Waals surface area contributed by atoms with Gasteiger partial charge in [0.15, 0.2) is 0 Å². The lowest BCUT2D eigenvalue weighted by molar-refractivity contribution is -0.396. The van der Waals surface area contributed by atoms with E-state index in [0.29, 0.717) is 5.56 Å². The van der Waals surface area contributed by atoms with Crippen LogP contribution in [0, 0.1) is 0 Å². The molecule has 0 aliphatic carbocycles. The molecule has 3 aromatic rings. The Labute approximate surface area is 217 Å². The second-order valence-corrected chi connectivity index (χ2v) is 8.66. The quantitative estimate of drug-likeness (QED) is 0.253. The van der Waals surface area contributed by atoms with Gasteiger partial charge in [-0.1, -0.05) is 78.9 Å². The highest BCUT2D eigenvalue weighted by Gasteiger charge is 2.81. The van der Waals surface area contributed by atoms with E-state index in [0.717, 1.165) is 16.7 Å². The normalized spacial score (nSPS) is 12.7. The number of aryl methyl sites for hydroxylation is 1. The number of rotatable bonds is 10. The Morgan fingerprint density at radius 1 is 0.641 bits per heavy atom. The van der Waals surface area contributed by atoms with Crippen LogP contribution in [-0.4, -0.2) is 30.0 Å². The van der Waals surface area contributed by atoms with Crippen molar-refractivity contribution in [3.05, 3.63) is 95.6 Å². The zero-order chi connectivity index (χ0) is 28.9. The maximum atomic E-state index is 13.7. The minimum absolute atomic E-state index is 0.0204. The molecule has 0 saturated carbocycles. The van der Waals surface area contributed by atoms with E-state index in [2.05, 4.69) is 5.32 Å². The summed E-state index contributed by atoms with van der Waals surface area (Å²) in [6.45, 7) is -0.0514. The van der Waals surface area contributed by atoms with Crippen molar-refractivity contribution in [1.29, 1.82) is 0 Å². The molecular formula is C27H22F9NO2. The molecule has 3 aromatic carbocycles. The molecule has 0 aliphatic rings. The Balaban J connectivity index is 1.46. The van der Waals surface area contributed by atoms with Crippen molar-refractivity contribution in [2.45, 2.75) is 49.9 Å². The van der Waals surface area contributed by atoms with E-state index in [4.69, 9.17) is 4.74 Å². The lowest BCUT2D eigenvalue weighted by Gasteiger charge is -2.33. The second kappa shape index (κ2) is 11.6. The number of halogens is 9. The molecule has 39 heavy (non-hydrogen) atoms. The van der Waals surface area contributed by atoms with Gasteiger partial charge in [-0.2, -0.15) is 39.5 Å². The summed E-state index contributed by atoms with van der Waals surface area (Å²) in [4.78, 5) is 12.0. The zero-order valence-corrected chi connectivity index (χ0v) is 20.1. The Morgan fingerprint density at radius 2 is 1.15 bits per heavy atom. The number of carbonyl (C=O) groups is 1. The number of alkyl halides is 9. The average molecular weight is 563 g/mol. The van der Waals surface area contributed by atoms with E-state index in [1.165, 1.54) is 24.3 Å². The predicted octanol–water partition coefficient (Wildman–Crippen LogP) is 8.18. The van der Waals surface area contributed by atoms with Crippen molar-refractivity contribution in [1.82, 2.24) is 5.32 Å². The van der Waals surface area contributed by atoms with E-state index < -0.39 is 42.9 Å². The molecule has 0 radical (unpaired) electrons. The van der Waals surface area contributed by atoms with Crippen LogP contribution in [0.1, 0.15) is 23.1 Å². The average Bonchev–Trinajstić information content (AvgIpc) is 2.90. The van der Waals surface area contributed by atoms with Crippen molar-refractivity contribution in [3.8, 4) is 11.1 Å². The number of nitrogens with one attached hydrogen (secondary N) is 1. The second-order valence-electron chi connectivity index (χ2n) is 8.66. The lowest BCUT2D eigenvalue weighted by atomic mass is 9.97. The summed E-state index contributed by atoms with van der Waals surface area (Å²) in [7, 11) is 0. The zero-order valence-electron chi connectivity index (χ0n) is 20.1. The summed E-state index contributed by atoms with van der Waals surface area (Å²) in [5, 5.41) is 2.56. The Hall–Kier alpha value is -3.70. The molecule has 0 saturated heterocycles. The third kappa shape index (κ3) is 7.04. The minimum Gasteiger partial charge on any atom is -0.445 e. The van der Waals surface area contributed by atoms with Crippen molar-refractivity contribution in [2.75, 3.05) is 0 Å². The van der Waals surface area contributed by atoms with Crippen LogP contribution in [0.3, 0.4) is 0 Å². The summed E-state index contributed by atoms with van der Waals surface area (Å²) >= 11 is 0. The molecule has 0 aromatic heterocycles. The third-order valence-electron chi connectivity index (χ3n) is 5.83. The third-order valence-corrected chi connectivity index (χ3v) is 5.83. The maximum Gasteiger partial charge on any atom is 0.460 e. The maximum absolute atomic E-state index is 13.7. The Morgan fingerprint density at radius 3 is 1.72 bits per heavy atom. The van der Waals surface area contributed by atoms with Crippen LogP contribution in [0.4, 0.5) is 44.3 Å². The lowest BCUT2D eigenvalue weighted by Crippen LogP contribution is -2.60. The molecule has 0 bridgehead atoms. The van der Waals surface area contributed by atoms with Gasteiger partial charge in [0, 0.05) is 13.0 Å². The monoisotopic (exact) mass is 563 g/mol. The first-order chi connectivity index (χ1) is 18.1. The summed E-state index contributed by atoms with van der Waals surface area (Å²) in [6.07, 6.45) is -10.4. The van der Waals surface area contributed by atoms with Crippen LogP contribution < -0.4 is 5.32 Å². The number of hydrogen-bond acceptors (Lipinski definition) is 2. The van der Waals surface area contributed by atoms with Gasteiger partial charge in [-0.3, -0.25) is 0 Å². The Bertz CT molecular complexity index is 1230. The highest BCUT2D eigenvalue weighted by molar-refractivity contribution is 5.67. The van der Waals surface area contributed by atoms with Gasteiger partial charge in [-0.15, -0.1) is 0 Å². The first-order valence-electron chi connectivity index (χ1n) is 11.5. The molecule has 0 spiro atoms. The van der Waals surface area contributed by atoms with Crippen LogP contribution in [0.25, 0.3) is 11.1 Å². The van der Waals surface area contributed by atoms with Gasteiger partial charge < -0.3 is 10.1 Å². The van der Waals surface area contributed by atoms with Crippen molar-refractivity contribution in [3.63, 3.8) is 0 Å². The molecular weight excluding hydrogens is 541 g/mol. The van der Waals surface area contributed by atoms with E-state index in [-0.39, 0.29) is 18.7 Å². The first-order valence-corrected chi connectivity index (χ1v) is 11.5. The number of ether oxygens (including phenoxy) is 1. The molecule has 1 N–H and O–H groups in total. The fourth-order valence-corrected chi connectivity index (χ4v) is 3.49. The highest BCUT2D eigenvalue weighted by Crippen LogP contribution is 2.54. The van der Waals surface area contributed by atoms with Crippen LogP contribution >= 0.6 is 0 Å². The topological polar surface area (TPSA) is 38.3 Å². The van der Waals surface area contributed by atoms with Gasteiger partial charge >= 0.3 is 30.0 Å². The van der Waals surface area contributed by atoms with Crippen LogP contribution in [0.15, 0.2) is 78.9 Å². The van der Waals surface area contributed by atoms with Crippen molar-refractivity contribution in [2.24, 2.45) is 0 Å². The number of carbonyl (C=O) groups excluding carboxylic acids is 1. The molecule has 0 heterocycles. The smallest absolute Gasteiger partial charge is 0.445 e. The van der Waals surface area contributed by atoms with Gasteiger partial charge in [-0.05, 0) is 34.2 Å². The molecule has 3 nitrogen and oxygen atoms in total. The SMILES string of the molecule is O=C(NCc1ccc(-c2ccccc2)cc1)OCc1ccc(CCC(F)(F)C(F)(F)C(F)(F)C(F)(F)F)cc1. The number of amides is 1. The fraction of sp³-hybridized carbons (Fsp3) is 0.296. The molecule has 0 atom stereocenters. The van der Waals surface area contributed by atoms with Crippen LogP contribution in [0.5, 0.6) is 0 Å². The molecule has 12 heteroatoms. The molecule has 0 fully saturated rings. The van der Waals surface area contributed by atoms with E-state index in [1.807, 2.05) is 54.6 Å². The molecule has 3 rings (SSSR count).